The van der Waals surface area contributed by atoms with Crippen LogP contribution in [-0.4, -0.2) is 55.4 Å². The van der Waals surface area contributed by atoms with Crippen LogP contribution in [0.3, 0.4) is 0 Å². The number of hydrogen-bond acceptors (Lipinski definition) is 5. The van der Waals surface area contributed by atoms with Gasteiger partial charge in [0.1, 0.15) is 5.71 Å². The molecular weight excluding hydrogens is 356 g/mol. The third-order valence-electron chi connectivity index (χ3n) is 4.19. The zero-order chi connectivity index (χ0) is 19.3. The minimum atomic E-state index is -3.49. The van der Waals surface area contributed by atoms with E-state index in [9.17, 15) is 18.0 Å². The van der Waals surface area contributed by atoms with Gasteiger partial charge in [0.25, 0.3) is 5.91 Å². The maximum atomic E-state index is 12.4. The van der Waals surface area contributed by atoms with E-state index in [0.717, 1.165) is 5.56 Å². The topological polar surface area (TPSA) is 99.2 Å². The fourth-order valence-corrected chi connectivity index (χ4v) is 4.07. The second-order valence-electron chi connectivity index (χ2n) is 5.88. The first-order chi connectivity index (χ1) is 12.3. The number of hydrogen-bond donors (Lipinski definition) is 1. The van der Waals surface area contributed by atoms with Gasteiger partial charge in [0.05, 0.1) is 4.90 Å². The number of nitrogens with zero attached hydrogens (tertiary/aromatic N) is 3. The lowest BCUT2D eigenvalue weighted by atomic mass is 10.1. The molecule has 2 amide bonds. The molecule has 9 heteroatoms. The molecule has 0 fully saturated rings. The van der Waals surface area contributed by atoms with Gasteiger partial charge in [-0.3, -0.25) is 9.59 Å². The van der Waals surface area contributed by atoms with Crippen LogP contribution in [-0.2, 0) is 26.2 Å². The average molecular weight is 380 g/mol. The van der Waals surface area contributed by atoms with Crippen molar-refractivity contribution in [3.63, 3.8) is 0 Å². The summed E-state index contributed by atoms with van der Waals surface area (Å²) in [6.07, 6.45) is 0.580. The average Bonchev–Trinajstić information content (AvgIpc) is 2.63. The molecule has 0 aliphatic carbocycles. The van der Waals surface area contributed by atoms with Crippen molar-refractivity contribution in [2.45, 2.75) is 38.1 Å². The lowest BCUT2D eigenvalue weighted by Crippen LogP contribution is -2.37. The maximum Gasteiger partial charge on any atom is 0.267 e. The number of benzene rings is 1. The summed E-state index contributed by atoms with van der Waals surface area (Å²) in [6, 6.07) is 6.43. The van der Waals surface area contributed by atoms with Gasteiger partial charge in [-0.2, -0.15) is 9.41 Å². The fraction of sp³-hybridized carbons (Fsp3) is 0.471. The summed E-state index contributed by atoms with van der Waals surface area (Å²) in [5, 5.41) is 7.88. The van der Waals surface area contributed by atoms with Crippen molar-refractivity contribution in [2.75, 3.05) is 20.1 Å². The molecule has 142 valence electrons. The van der Waals surface area contributed by atoms with Gasteiger partial charge >= 0.3 is 0 Å². The molecule has 1 N–H and O–H groups in total. The highest BCUT2D eigenvalue weighted by Gasteiger charge is 2.22. The molecule has 0 saturated carbocycles. The molecule has 1 heterocycles. The Kier molecular flexibility index (Phi) is 6.49. The van der Waals surface area contributed by atoms with Gasteiger partial charge in [-0.15, -0.1) is 0 Å². The van der Waals surface area contributed by atoms with Crippen LogP contribution in [0.2, 0.25) is 0 Å². The van der Waals surface area contributed by atoms with Crippen molar-refractivity contribution in [1.82, 2.24) is 14.6 Å². The summed E-state index contributed by atoms with van der Waals surface area (Å²) in [6.45, 7) is 4.67. The summed E-state index contributed by atoms with van der Waals surface area (Å²) in [5.74, 6) is -0.448. The van der Waals surface area contributed by atoms with E-state index in [0.29, 0.717) is 25.2 Å². The van der Waals surface area contributed by atoms with Crippen molar-refractivity contribution in [2.24, 2.45) is 5.10 Å². The zero-order valence-electron chi connectivity index (χ0n) is 15.2. The Morgan fingerprint density at radius 2 is 1.81 bits per heavy atom. The summed E-state index contributed by atoms with van der Waals surface area (Å²) >= 11 is 0. The smallest absolute Gasteiger partial charge is 0.267 e. The Hall–Kier alpha value is -2.26. The van der Waals surface area contributed by atoms with Crippen LogP contribution in [0.1, 0.15) is 32.3 Å². The van der Waals surface area contributed by atoms with Crippen LogP contribution in [0.5, 0.6) is 0 Å². The van der Waals surface area contributed by atoms with Gasteiger partial charge in [-0.05, 0) is 17.7 Å². The molecule has 26 heavy (non-hydrogen) atoms. The maximum absolute atomic E-state index is 12.4. The van der Waals surface area contributed by atoms with Crippen LogP contribution >= 0.6 is 0 Å². The highest BCUT2D eigenvalue weighted by molar-refractivity contribution is 7.89. The van der Waals surface area contributed by atoms with Crippen LogP contribution in [0.15, 0.2) is 34.3 Å². The third-order valence-corrected chi connectivity index (χ3v) is 6.25. The van der Waals surface area contributed by atoms with Crippen LogP contribution < -0.4 is 5.32 Å². The first-order valence-electron chi connectivity index (χ1n) is 8.50. The van der Waals surface area contributed by atoms with Crippen molar-refractivity contribution in [1.29, 1.82) is 0 Å². The summed E-state index contributed by atoms with van der Waals surface area (Å²) < 4.78 is 26.3. The Balaban J connectivity index is 2.01. The molecule has 1 aromatic rings. The lowest BCUT2D eigenvalue weighted by Gasteiger charge is -2.19. The molecule has 1 aromatic carbocycles. The Morgan fingerprint density at radius 1 is 1.19 bits per heavy atom. The highest BCUT2D eigenvalue weighted by Crippen LogP contribution is 2.16. The Labute approximate surface area is 153 Å². The van der Waals surface area contributed by atoms with Crippen molar-refractivity contribution >= 4 is 27.5 Å². The van der Waals surface area contributed by atoms with Gasteiger partial charge < -0.3 is 5.32 Å². The van der Waals surface area contributed by atoms with E-state index in [4.69, 9.17) is 0 Å². The molecule has 1 aliphatic heterocycles. The van der Waals surface area contributed by atoms with E-state index < -0.39 is 10.0 Å². The molecule has 2 rings (SSSR count). The number of sulfonamides is 1. The number of hydrazone groups is 1. The number of rotatable bonds is 7. The largest absolute Gasteiger partial charge is 0.347 e. The van der Waals surface area contributed by atoms with E-state index in [1.165, 1.54) is 16.4 Å². The summed E-state index contributed by atoms with van der Waals surface area (Å²) in [4.78, 5) is 23.7. The van der Waals surface area contributed by atoms with E-state index in [1.807, 2.05) is 0 Å². The second kappa shape index (κ2) is 8.41. The molecule has 0 radical (unpaired) electrons. The van der Waals surface area contributed by atoms with Crippen molar-refractivity contribution in [3.8, 4) is 0 Å². The fourth-order valence-electron chi connectivity index (χ4n) is 2.61. The Bertz CT molecular complexity index is 799. The lowest BCUT2D eigenvalue weighted by molar-refractivity contribution is -0.130. The van der Waals surface area contributed by atoms with Crippen molar-refractivity contribution in [3.05, 3.63) is 29.8 Å². The zero-order valence-corrected chi connectivity index (χ0v) is 16.0. The van der Waals surface area contributed by atoms with E-state index >= 15 is 0 Å². The van der Waals surface area contributed by atoms with E-state index in [-0.39, 0.29) is 29.7 Å². The molecule has 1 aliphatic rings. The first-order valence-corrected chi connectivity index (χ1v) is 9.95. The SMILES string of the molecule is CCN(CC)S(=O)(=O)c1ccc(CNC(=O)C2=NN(C)C(=O)CC2)cc1. The van der Waals surface area contributed by atoms with Crippen LogP contribution in [0.25, 0.3) is 0 Å². The number of amides is 2. The summed E-state index contributed by atoms with van der Waals surface area (Å²) in [7, 11) is -1.97. The van der Waals surface area contributed by atoms with Gasteiger partial charge in [0, 0.05) is 39.5 Å². The molecule has 8 nitrogen and oxygen atoms in total. The first kappa shape index (κ1) is 20.1. The van der Waals surface area contributed by atoms with Crippen LogP contribution in [0.4, 0.5) is 0 Å². The number of nitrogens with one attached hydrogen (secondary N) is 1. The molecule has 0 spiro atoms. The normalized spacial score (nSPS) is 15.2. The van der Waals surface area contributed by atoms with E-state index in [2.05, 4.69) is 10.4 Å². The molecule has 0 atom stereocenters. The molecule has 0 saturated heterocycles. The predicted octanol–water partition coefficient (Wildman–Crippen LogP) is 0.942. The predicted molar refractivity (Wildman–Crippen MR) is 97.8 cm³/mol. The number of carbonyl (C=O) groups excluding carboxylic acids is 2. The highest BCUT2D eigenvalue weighted by atomic mass is 32.2. The quantitative estimate of drug-likeness (QED) is 0.761. The van der Waals surface area contributed by atoms with Crippen LogP contribution in [0, 0.1) is 0 Å². The molecule has 0 bridgehead atoms. The molecule has 0 unspecified atom stereocenters. The van der Waals surface area contributed by atoms with Gasteiger partial charge in [0.2, 0.25) is 15.9 Å². The van der Waals surface area contributed by atoms with Gasteiger partial charge in [0.15, 0.2) is 0 Å². The molecule has 0 aromatic heterocycles. The van der Waals surface area contributed by atoms with Gasteiger partial charge in [-0.1, -0.05) is 26.0 Å². The monoisotopic (exact) mass is 380 g/mol. The minimum absolute atomic E-state index is 0.119. The van der Waals surface area contributed by atoms with Crippen molar-refractivity contribution < 1.29 is 18.0 Å². The molecular formula is C17H24N4O4S. The van der Waals surface area contributed by atoms with E-state index in [1.54, 1.807) is 38.1 Å². The van der Waals surface area contributed by atoms with Gasteiger partial charge in [-0.25, -0.2) is 13.4 Å². The number of carbonyl (C=O) groups is 2. The Morgan fingerprint density at radius 3 is 2.35 bits per heavy atom. The standard InChI is InChI=1S/C17H24N4O4S/c1-4-21(5-2)26(24,25)14-8-6-13(7-9-14)12-18-17(23)15-10-11-16(22)20(3)19-15/h6-9H,4-5,10-12H2,1-3H3,(H,18,23). The third kappa shape index (κ3) is 4.47. The summed E-state index contributed by atoms with van der Waals surface area (Å²) in [5.41, 5.74) is 1.09. The second-order valence-corrected chi connectivity index (χ2v) is 7.82. The minimum Gasteiger partial charge on any atom is -0.347 e.